The number of fused-ring (bicyclic) bond motifs is 1. The highest BCUT2D eigenvalue weighted by atomic mass is 35.5. The van der Waals surface area contributed by atoms with Gasteiger partial charge in [0.05, 0.1) is 21.6 Å². The number of benzene rings is 1. The van der Waals surface area contributed by atoms with E-state index in [-0.39, 0.29) is 22.0 Å². The number of rotatable bonds is 5. The summed E-state index contributed by atoms with van der Waals surface area (Å²) in [5, 5.41) is 12.8. The Morgan fingerprint density at radius 2 is 2.11 bits per heavy atom. The number of nitrogens with zero attached hydrogens (tertiary/aromatic N) is 2. The standard InChI is InChI=1S/C20H23ClFN3O3/c1-10(23-2)11-5-6-24(8-11)18-15(22)7-13-17(16(18)21)25(12-3-4-12)9-14(19(13)26)20(27)28/h7,9-12,23H,3-6,8H2,1-2H3,(H,27,28)/t10-,11?/m0/s1. The Balaban J connectivity index is 1.89. The van der Waals surface area contributed by atoms with Crippen molar-refractivity contribution in [3.05, 3.63) is 38.9 Å². The second-order valence-corrected chi connectivity index (χ2v) is 8.18. The predicted octanol–water partition coefficient (Wildman–Crippen LogP) is 3.26. The zero-order valence-electron chi connectivity index (χ0n) is 15.8. The molecule has 1 unspecified atom stereocenters. The summed E-state index contributed by atoms with van der Waals surface area (Å²) >= 11 is 6.66. The number of hydrogen-bond donors (Lipinski definition) is 2. The second kappa shape index (κ2) is 7.04. The van der Waals surface area contributed by atoms with Gasteiger partial charge in [-0.05, 0) is 45.2 Å². The summed E-state index contributed by atoms with van der Waals surface area (Å²) in [5.41, 5.74) is -0.320. The van der Waals surface area contributed by atoms with E-state index in [1.165, 1.54) is 6.20 Å². The van der Waals surface area contributed by atoms with Gasteiger partial charge in [0, 0.05) is 31.4 Å². The number of carbonyl (C=O) groups is 1. The molecule has 2 N–H and O–H groups in total. The molecule has 2 heterocycles. The van der Waals surface area contributed by atoms with Crippen molar-refractivity contribution in [3.63, 3.8) is 0 Å². The van der Waals surface area contributed by atoms with Crippen LogP contribution in [-0.4, -0.2) is 41.8 Å². The van der Waals surface area contributed by atoms with Gasteiger partial charge in [0.1, 0.15) is 11.4 Å². The van der Waals surface area contributed by atoms with Crippen LogP contribution in [0.25, 0.3) is 10.9 Å². The number of halogens is 2. The Morgan fingerprint density at radius 3 is 2.71 bits per heavy atom. The largest absolute Gasteiger partial charge is 0.477 e. The summed E-state index contributed by atoms with van der Waals surface area (Å²) in [6.45, 7) is 3.45. The Hall–Kier alpha value is -2.12. The van der Waals surface area contributed by atoms with Crippen LogP contribution in [-0.2, 0) is 0 Å². The van der Waals surface area contributed by atoms with Crippen molar-refractivity contribution in [2.24, 2.45) is 5.92 Å². The molecule has 1 saturated heterocycles. The minimum Gasteiger partial charge on any atom is -0.477 e. The minimum atomic E-state index is -1.31. The van der Waals surface area contributed by atoms with Crippen molar-refractivity contribution < 1.29 is 14.3 Å². The quantitative estimate of drug-likeness (QED) is 0.795. The Labute approximate surface area is 166 Å². The number of aromatic nitrogens is 1. The van der Waals surface area contributed by atoms with Crippen molar-refractivity contribution >= 4 is 34.2 Å². The molecule has 0 spiro atoms. The fraction of sp³-hybridized carbons (Fsp3) is 0.500. The third kappa shape index (κ3) is 3.06. The van der Waals surface area contributed by atoms with Crippen LogP contribution in [0.1, 0.15) is 42.6 Å². The van der Waals surface area contributed by atoms with E-state index in [1.54, 1.807) is 4.57 Å². The molecule has 150 valence electrons. The molecule has 1 aliphatic carbocycles. The van der Waals surface area contributed by atoms with Crippen LogP contribution in [0, 0.1) is 11.7 Å². The van der Waals surface area contributed by atoms with Crippen LogP contribution in [0.4, 0.5) is 10.1 Å². The third-order valence-corrected chi connectivity index (χ3v) is 6.42. The molecule has 0 bridgehead atoms. The molecule has 8 heteroatoms. The van der Waals surface area contributed by atoms with Gasteiger partial charge in [0.2, 0.25) is 5.43 Å². The van der Waals surface area contributed by atoms with Crippen molar-refractivity contribution in [2.75, 3.05) is 25.0 Å². The van der Waals surface area contributed by atoms with E-state index in [2.05, 4.69) is 12.2 Å². The average Bonchev–Trinajstić information content (AvgIpc) is 3.39. The summed E-state index contributed by atoms with van der Waals surface area (Å²) in [6, 6.07) is 1.54. The molecule has 1 saturated carbocycles. The smallest absolute Gasteiger partial charge is 0.341 e. The summed E-state index contributed by atoms with van der Waals surface area (Å²) in [4.78, 5) is 26.1. The molecule has 2 atom stereocenters. The van der Waals surface area contributed by atoms with Crippen LogP contribution in [0.15, 0.2) is 17.1 Å². The van der Waals surface area contributed by atoms with Crippen molar-refractivity contribution in [1.82, 2.24) is 9.88 Å². The van der Waals surface area contributed by atoms with E-state index in [0.717, 1.165) is 25.3 Å². The van der Waals surface area contributed by atoms with Crippen LogP contribution in [0.5, 0.6) is 0 Å². The normalized spacial score (nSPS) is 20.7. The van der Waals surface area contributed by atoms with Crippen molar-refractivity contribution in [3.8, 4) is 0 Å². The van der Waals surface area contributed by atoms with Gasteiger partial charge in [-0.15, -0.1) is 0 Å². The lowest BCUT2D eigenvalue weighted by Crippen LogP contribution is -2.33. The molecular weight excluding hydrogens is 385 g/mol. The number of anilines is 1. The molecule has 2 fully saturated rings. The highest BCUT2D eigenvalue weighted by molar-refractivity contribution is 6.38. The first-order valence-electron chi connectivity index (χ1n) is 9.55. The number of hydrogen-bond acceptors (Lipinski definition) is 4. The SMILES string of the molecule is CN[C@@H](C)C1CCN(c2c(F)cc3c(=O)c(C(=O)O)cn(C4CC4)c3c2Cl)C1. The summed E-state index contributed by atoms with van der Waals surface area (Å²) in [7, 11) is 1.91. The van der Waals surface area contributed by atoms with E-state index >= 15 is 4.39 Å². The molecule has 1 aliphatic heterocycles. The van der Waals surface area contributed by atoms with Gasteiger partial charge in [-0.3, -0.25) is 4.79 Å². The number of nitrogens with one attached hydrogen (secondary N) is 1. The Morgan fingerprint density at radius 1 is 1.39 bits per heavy atom. The molecule has 1 aromatic carbocycles. The lowest BCUT2D eigenvalue weighted by atomic mass is 10.0. The monoisotopic (exact) mass is 407 g/mol. The zero-order valence-corrected chi connectivity index (χ0v) is 16.6. The minimum absolute atomic E-state index is 0.0254. The van der Waals surface area contributed by atoms with E-state index in [0.29, 0.717) is 36.3 Å². The predicted molar refractivity (Wildman–Crippen MR) is 107 cm³/mol. The number of carboxylic acids is 1. The van der Waals surface area contributed by atoms with E-state index in [1.807, 2.05) is 11.9 Å². The summed E-state index contributed by atoms with van der Waals surface area (Å²) in [5.74, 6) is -1.53. The van der Waals surface area contributed by atoms with Gasteiger partial charge in [-0.1, -0.05) is 11.6 Å². The zero-order chi connectivity index (χ0) is 20.2. The highest BCUT2D eigenvalue weighted by Crippen LogP contribution is 2.43. The first-order valence-corrected chi connectivity index (χ1v) is 9.93. The van der Waals surface area contributed by atoms with Crippen molar-refractivity contribution in [1.29, 1.82) is 0 Å². The first kappa shape index (κ1) is 19.2. The molecule has 28 heavy (non-hydrogen) atoms. The van der Waals surface area contributed by atoms with Crippen LogP contribution >= 0.6 is 11.6 Å². The van der Waals surface area contributed by atoms with Gasteiger partial charge in [-0.25, -0.2) is 9.18 Å². The Kier molecular flexibility index (Phi) is 4.83. The lowest BCUT2D eigenvalue weighted by molar-refractivity contribution is 0.0695. The molecule has 0 radical (unpaired) electrons. The van der Waals surface area contributed by atoms with Crippen LogP contribution in [0.3, 0.4) is 0 Å². The maximum Gasteiger partial charge on any atom is 0.341 e. The average molecular weight is 408 g/mol. The van der Waals surface area contributed by atoms with Crippen molar-refractivity contribution in [2.45, 2.75) is 38.3 Å². The summed E-state index contributed by atoms with van der Waals surface area (Å²) in [6.07, 6.45) is 4.04. The Bertz CT molecular complexity index is 1020. The molecular formula is C20H23ClFN3O3. The van der Waals surface area contributed by atoms with Crippen LogP contribution in [0.2, 0.25) is 5.02 Å². The van der Waals surface area contributed by atoms with E-state index in [4.69, 9.17) is 11.6 Å². The third-order valence-electron chi connectivity index (χ3n) is 6.06. The van der Waals surface area contributed by atoms with Gasteiger partial charge in [-0.2, -0.15) is 0 Å². The lowest BCUT2D eigenvalue weighted by Gasteiger charge is -2.24. The molecule has 4 rings (SSSR count). The fourth-order valence-electron chi connectivity index (χ4n) is 4.15. The number of pyridine rings is 1. The maximum absolute atomic E-state index is 15.1. The van der Waals surface area contributed by atoms with Gasteiger partial charge in [0.25, 0.3) is 0 Å². The van der Waals surface area contributed by atoms with Crippen LogP contribution < -0.4 is 15.6 Å². The van der Waals surface area contributed by atoms with Gasteiger partial charge >= 0.3 is 5.97 Å². The molecule has 2 aromatic rings. The number of aromatic carboxylic acids is 1. The molecule has 2 aliphatic rings. The second-order valence-electron chi connectivity index (χ2n) is 7.80. The highest BCUT2D eigenvalue weighted by Gasteiger charge is 2.33. The molecule has 0 amide bonds. The van der Waals surface area contributed by atoms with Gasteiger partial charge < -0.3 is 19.9 Å². The van der Waals surface area contributed by atoms with E-state index in [9.17, 15) is 14.7 Å². The molecule has 6 nitrogen and oxygen atoms in total. The van der Waals surface area contributed by atoms with Gasteiger partial charge in [0.15, 0.2) is 0 Å². The fourth-order valence-corrected chi connectivity index (χ4v) is 4.56. The number of carboxylic acid groups (broad SMARTS) is 1. The van der Waals surface area contributed by atoms with E-state index < -0.39 is 17.2 Å². The first-order chi connectivity index (χ1) is 13.3. The molecule has 1 aromatic heterocycles. The maximum atomic E-state index is 15.1. The summed E-state index contributed by atoms with van der Waals surface area (Å²) < 4.78 is 16.8. The topological polar surface area (TPSA) is 74.6 Å².